The summed E-state index contributed by atoms with van der Waals surface area (Å²) in [5.41, 5.74) is 7.18. The number of fused-ring (bicyclic) bond motifs is 2. The number of carboxylic acid groups (broad SMARTS) is 1. The van der Waals surface area contributed by atoms with Gasteiger partial charge in [-0.1, -0.05) is 36.4 Å². The van der Waals surface area contributed by atoms with Crippen LogP contribution in [0, 0.1) is 6.92 Å². The Kier molecular flexibility index (Phi) is 8.44. The third-order valence-electron chi connectivity index (χ3n) is 8.37. The van der Waals surface area contributed by atoms with E-state index < -0.39 is 12.2 Å². The summed E-state index contributed by atoms with van der Waals surface area (Å²) >= 11 is 0. The maximum Gasteiger partial charge on any atom is 0.342 e. The van der Waals surface area contributed by atoms with Crippen molar-refractivity contribution >= 4 is 17.4 Å². The topological polar surface area (TPSA) is 98.4 Å². The highest BCUT2D eigenvalue weighted by Crippen LogP contribution is 2.30. The molecule has 0 amide bonds. The van der Waals surface area contributed by atoms with Crippen LogP contribution in [0.1, 0.15) is 64.9 Å². The molecule has 0 saturated carbocycles. The molecule has 0 radical (unpaired) electrons. The van der Waals surface area contributed by atoms with Crippen LogP contribution < -0.4 is 9.47 Å². The Hall–Kier alpha value is -4.21. The summed E-state index contributed by atoms with van der Waals surface area (Å²) in [6, 6.07) is 13.4. The number of allylic oxidation sites excluding steroid dienone is 4. The molecule has 0 aliphatic carbocycles. The highest BCUT2D eigenvalue weighted by atomic mass is 16.5. The van der Waals surface area contributed by atoms with Gasteiger partial charge in [0.25, 0.3) is 0 Å². The Bertz CT molecular complexity index is 1600. The first-order chi connectivity index (χ1) is 20.9. The van der Waals surface area contributed by atoms with Crippen LogP contribution in [0.4, 0.5) is 0 Å². The molecule has 9 nitrogen and oxygen atoms in total. The van der Waals surface area contributed by atoms with Crippen molar-refractivity contribution in [1.29, 1.82) is 0 Å². The van der Waals surface area contributed by atoms with Gasteiger partial charge < -0.3 is 19.3 Å². The number of carboxylic acids is 1. The SMILES string of the molecule is C/C1=C\C=C/C(c2cccc(C)c2OCc2ccc3c(c2)CCN(C2CCOCC2)C3)=NC(C)Oc2c(C(=O)O)cnn21. The first-order valence-corrected chi connectivity index (χ1v) is 14.9. The van der Waals surface area contributed by atoms with Crippen molar-refractivity contribution in [3.05, 3.63) is 94.2 Å². The Labute approximate surface area is 252 Å². The van der Waals surface area contributed by atoms with Crippen molar-refractivity contribution in [3.8, 4) is 11.6 Å². The molecule has 1 unspecified atom stereocenters. The van der Waals surface area contributed by atoms with Crippen molar-refractivity contribution in [1.82, 2.24) is 14.7 Å². The Morgan fingerprint density at radius 1 is 1.14 bits per heavy atom. The van der Waals surface area contributed by atoms with Crippen molar-refractivity contribution in [2.45, 2.75) is 65.5 Å². The van der Waals surface area contributed by atoms with Crippen LogP contribution in [0.3, 0.4) is 0 Å². The minimum absolute atomic E-state index is 0.0122. The van der Waals surface area contributed by atoms with E-state index in [1.807, 2.05) is 50.3 Å². The van der Waals surface area contributed by atoms with Gasteiger partial charge >= 0.3 is 5.97 Å². The Balaban J connectivity index is 1.22. The average molecular weight is 583 g/mol. The second kappa shape index (κ2) is 12.6. The van der Waals surface area contributed by atoms with E-state index in [0.29, 0.717) is 18.4 Å². The maximum absolute atomic E-state index is 11.8. The van der Waals surface area contributed by atoms with E-state index in [9.17, 15) is 9.90 Å². The number of para-hydroxylation sites is 1. The van der Waals surface area contributed by atoms with Crippen molar-refractivity contribution < 1.29 is 24.1 Å². The predicted octanol–water partition coefficient (Wildman–Crippen LogP) is 5.65. The zero-order valence-corrected chi connectivity index (χ0v) is 25.0. The molecule has 1 saturated heterocycles. The summed E-state index contributed by atoms with van der Waals surface area (Å²) < 4.78 is 19.6. The molecule has 9 heteroatoms. The van der Waals surface area contributed by atoms with Gasteiger partial charge in [0.1, 0.15) is 17.9 Å². The van der Waals surface area contributed by atoms with Gasteiger partial charge in [0, 0.05) is 43.6 Å². The molecule has 3 aromatic rings. The molecule has 3 aliphatic rings. The Morgan fingerprint density at radius 3 is 2.79 bits per heavy atom. The fraction of sp³-hybridized carbons (Fsp3) is 0.382. The van der Waals surface area contributed by atoms with Crippen LogP contribution >= 0.6 is 0 Å². The van der Waals surface area contributed by atoms with E-state index >= 15 is 0 Å². The van der Waals surface area contributed by atoms with Crippen LogP contribution in [-0.2, 0) is 24.3 Å². The van der Waals surface area contributed by atoms with E-state index in [2.05, 4.69) is 28.2 Å². The predicted molar refractivity (Wildman–Crippen MR) is 165 cm³/mol. The lowest BCUT2D eigenvalue weighted by molar-refractivity contribution is 0.0290. The van der Waals surface area contributed by atoms with E-state index in [1.165, 1.54) is 22.0 Å². The summed E-state index contributed by atoms with van der Waals surface area (Å²) in [7, 11) is 0. The molecule has 6 rings (SSSR count). The molecule has 1 N–H and O–H groups in total. The number of nitrogens with zero attached hydrogens (tertiary/aromatic N) is 4. The molecular weight excluding hydrogens is 544 g/mol. The number of aromatic carboxylic acids is 1. The van der Waals surface area contributed by atoms with E-state index in [0.717, 1.165) is 73.7 Å². The van der Waals surface area contributed by atoms with Crippen molar-refractivity contribution in [2.24, 2.45) is 4.99 Å². The maximum atomic E-state index is 11.8. The zero-order chi connectivity index (χ0) is 29.9. The third-order valence-corrected chi connectivity index (χ3v) is 8.37. The number of aryl methyl sites for hydroxylation is 1. The van der Waals surface area contributed by atoms with Gasteiger partial charge in [-0.05, 0) is 80.5 Å². The summed E-state index contributed by atoms with van der Waals surface area (Å²) in [5.74, 6) is -0.196. The fourth-order valence-corrected chi connectivity index (χ4v) is 6.06. The van der Waals surface area contributed by atoms with Gasteiger partial charge in [-0.25, -0.2) is 14.5 Å². The quantitative estimate of drug-likeness (QED) is 0.401. The summed E-state index contributed by atoms with van der Waals surface area (Å²) in [6.45, 7) is 9.92. The summed E-state index contributed by atoms with van der Waals surface area (Å²) in [4.78, 5) is 19.2. The van der Waals surface area contributed by atoms with Crippen molar-refractivity contribution in [3.63, 3.8) is 0 Å². The van der Waals surface area contributed by atoms with Gasteiger partial charge in [-0.3, -0.25) is 4.90 Å². The van der Waals surface area contributed by atoms with Gasteiger partial charge in [-0.2, -0.15) is 5.10 Å². The van der Waals surface area contributed by atoms with E-state index in [4.69, 9.17) is 19.2 Å². The van der Waals surface area contributed by atoms with Crippen LogP contribution in [0.15, 0.2) is 65.8 Å². The minimum atomic E-state index is -1.11. The number of aliphatic imine (C=N–C) groups is 1. The van der Waals surface area contributed by atoms with E-state index in [-0.39, 0.29) is 11.4 Å². The number of aromatic nitrogens is 2. The molecule has 224 valence electrons. The van der Waals surface area contributed by atoms with Crippen LogP contribution in [0.2, 0.25) is 0 Å². The van der Waals surface area contributed by atoms with Crippen molar-refractivity contribution in [2.75, 3.05) is 19.8 Å². The molecule has 2 aromatic carbocycles. The van der Waals surface area contributed by atoms with E-state index in [1.54, 1.807) is 6.92 Å². The highest BCUT2D eigenvalue weighted by Gasteiger charge is 2.26. The number of carbonyl (C=O) groups is 1. The minimum Gasteiger partial charge on any atom is -0.488 e. The lowest BCUT2D eigenvalue weighted by Gasteiger charge is -2.37. The molecule has 0 bridgehead atoms. The second-order valence-electron chi connectivity index (χ2n) is 11.4. The smallest absolute Gasteiger partial charge is 0.342 e. The summed E-state index contributed by atoms with van der Waals surface area (Å²) in [6.07, 6.45) is 9.56. The normalized spacial score (nSPS) is 21.4. The first-order valence-electron chi connectivity index (χ1n) is 14.9. The largest absolute Gasteiger partial charge is 0.488 e. The van der Waals surface area contributed by atoms with Gasteiger partial charge in [0.05, 0.1) is 11.9 Å². The second-order valence-corrected chi connectivity index (χ2v) is 11.4. The molecule has 1 fully saturated rings. The van der Waals surface area contributed by atoms with Crippen LogP contribution in [0.25, 0.3) is 5.70 Å². The number of hydrogen-bond donors (Lipinski definition) is 1. The molecule has 1 aromatic heterocycles. The van der Waals surface area contributed by atoms with Crippen LogP contribution in [-0.4, -0.2) is 63.5 Å². The average Bonchev–Trinajstić information content (AvgIpc) is 3.43. The Morgan fingerprint density at radius 2 is 1.98 bits per heavy atom. The lowest BCUT2D eigenvalue weighted by atomic mass is 9.95. The van der Waals surface area contributed by atoms with Crippen LogP contribution in [0.5, 0.6) is 11.6 Å². The molecule has 43 heavy (non-hydrogen) atoms. The fourth-order valence-electron chi connectivity index (χ4n) is 6.06. The monoisotopic (exact) mass is 582 g/mol. The number of rotatable bonds is 6. The van der Waals surface area contributed by atoms with Gasteiger partial charge in [0.15, 0.2) is 6.23 Å². The number of ether oxygens (including phenoxy) is 3. The molecular formula is C34H38N4O5. The number of benzene rings is 2. The number of hydrogen-bond acceptors (Lipinski definition) is 7. The lowest BCUT2D eigenvalue weighted by Crippen LogP contribution is -2.42. The van der Waals surface area contributed by atoms with Gasteiger partial charge in [-0.15, -0.1) is 0 Å². The molecule has 0 spiro atoms. The third kappa shape index (κ3) is 6.28. The standard InChI is InChI=1S/C34H38N4O5/c1-22-6-4-8-29(31-9-5-7-23(2)38-33(43-24(3)36-31)30(19-35-38)34(39)40)32(22)42-21-25-10-11-27-20-37(15-12-26(27)18-25)28-13-16-41-17-14-28/h4-11,18-19,24,28H,12-17,20-21H2,1-3H3,(H,39,40)/b9-5-,23-7+,36-31?. The first kappa shape index (κ1) is 28.9. The molecule has 1 atom stereocenters. The summed E-state index contributed by atoms with van der Waals surface area (Å²) in [5, 5.41) is 13.9. The molecule has 4 heterocycles. The highest BCUT2D eigenvalue weighted by molar-refractivity contribution is 6.11. The zero-order valence-electron chi connectivity index (χ0n) is 25.0. The molecule has 3 aliphatic heterocycles. The van der Waals surface area contributed by atoms with Gasteiger partial charge in [0.2, 0.25) is 5.88 Å².